The van der Waals surface area contributed by atoms with Crippen LogP contribution in [-0.4, -0.2) is 18.5 Å². The molecule has 1 saturated carbocycles. The minimum absolute atomic E-state index is 0.0822. The molecule has 1 aromatic rings. The predicted octanol–water partition coefficient (Wildman–Crippen LogP) is 3.56. The van der Waals surface area contributed by atoms with Gasteiger partial charge in [0.1, 0.15) is 0 Å². The number of amides is 1. The Morgan fingerprint density at radius 2 is 2.16 bits per heavy atom. The molecule has 2 N–H and O–H groups in total. The lowest BCUT2D eigenvalue weighted by Gasteiger charge is -2.29. The maximum absolute atomic E-state index is 11.9. The third-order valence-electron chi connectivity index (χ3n) is 3.74. The van der Waals surface area contributed by atoms with Gasteiger partial charge in [-0.1, -0.05) is 41.8 Å². The van der Waals surface area contributed by atoms with E-state index in [4.69, 9.17) is 0 Å². The molecule has 4 heteroatoms. The molecular weight excluding hydrogens is 304 g/mol. The Labute approximate surface area is 123 Å². The van der Waals surface area contributed by atoms with E-state index in [1.54, 1.807) is 0 Å². The van der Waals surface area contributed by atoms with Crippen molar-refractivity contribution in [3.63, 3.8) is 0 Å². The van der Waals surface area contributed by atoms with Gasteiger partial charge in [-0.05, 0) is 37.0 Å². The Balaban J connectivity index is 1.78. The summed E-state index contributed by atoms with van der Waals surface area (Å²) in [6.45, 7) is 2.56. The van der Waals surface area contributed by atoms with Crippen molar-refractivity contribution >= 4 is 27.5 Å². The minimum Gasteiger partial charge on any atom is -0.376 e. The van der Waals surface area contributed by atoms with Crippen molar-refractivity contribution in [3.8, 4) is 0 Å². The van der Waals surface area contributed by atoms with Gasteiger partial charge in [0.05, 0.1) is 6.54 Å². The Hall–Kier alpha value is -1.03. The summed E-state index contributed by atoms with van der Waals surface area (Å²) in [5.74, 6) is 0.683. The fourth-order valence-corrected chi connectivity index (χ4v) is 2.97. The summed E-state index contributed by atoms with van der Waals surface area (Å²) in [6.07, 6.45) is 4.87. The van der Waals surface area contributed by atoms with Crippen LogP contribution in [0.25, 0.3) is 0 Å². The molecule has 0 saturated heterocycles. The van der Waals surface area contributed by atoms with E-state index in [9.17, 15) is 4.79 Å². The van der Waals surface area contributed by atoms with Crippen molar-refractivity contribution in [2.24, 2.45) is 5.92 Å². The number of nitrogens with one attached hydrogen (secondary N) is 2. The first kappa shape index (κ1) is 14.4. The number of hydrogen-bond acceptors (Lipinski definition) is 2. The maximum atomic E-state index is 11.9. The van der Waals surface area contributed by atoms with Gasteiger partial charge in [0.2, 0.25) is 5.91 Å². The van der Waals surface area contributed by atoms with Crippen molar-refractivity contribution in [2.45, 2.75) is 38.6 Å². The number of carbonyl (C=O) groups excluding carboxylic acids is 1. The molecule has 0 heterocycles. The average Bonchev–Trinajstić information content (AvgIpc) is 2.39. The lowest BCUT2D eigenvalue weighted by atomic mass is 9.86. The van der Waals surface area contributed by atoms with E-state index < -0.39 is 0 Å². The zero-order valence-electron chi connectivity index (χ0n) is 11.3. The topological polar surface area (TPSA) is 41.1 Å². The molecule has 104 valence electrons. The van der Waals surface area contributed by atoms with Crippen molar-refractivity contribution in [1.29, 1.82) is 0 Å². The van der Waals surface area contributed by atoms with Crippen molar-refractivity contribution in [2.75, 3.05) is 11.9 Å². The summed E-state index contributed by atoms with van der Waals surface area (Å²) in [5, 5.41) is 6.29. The maximum Gasteiger partial charge on any atom is 0.239 e. The van der Waals surface area contributed by atoms with Gasteiger partial charge in [0.15, 0.2) is 0 Å². The highest BCUT2D eigenvalue weighted by atomic mass is 79.9. The fourth-order valence-electron chi connectivity index (χ4n) is 2.57. The van der Waals surface area contributed by atoms with Crippen LogP contribution in [0.15, 0.2) is 28.7 Å². The van der Waals surface area contributed by atoms with Crippen molar-refractivity contribution in [3.05, 3.63) is 28.7 Å². The second-order valence-corrected chi connectivity index (χ2v) is 6.22. The molecule has 3 nitrogen and oxygen atoms in total. The molecule has 2 atom stereocenters. The second kappa shape index (κ2) is 6.94. The number of halogens is 1. The highest BCUT2D eigenvalue weighted by Gasteiger charge is 2.22. The standard InChI is InChI=1S/C15H21BrN2O/c1-11-5-2-3-8-14(11)18-15(19)10-17-13-7-4-6-12(16)9-13/h4,6-7,9,11,14,17H,2-3,5,8,10H2,1H3,(H,18,19). The molecule has 1 aliphatic rings. The van der Waals surface area contributed by atoms with Gasteiger partial charge in [-0.3, -0.25) is 4.79 Å². The van der Waals surface area contributed by atoms with Crippen LogP contribution in [0.1, 0.15) is 32.6 Å². The van der Waals surface area contributed by atoms with Gasteiger partial charge in [-0.15, -0.1) is 0 Å². The van der Waals surface area contributed by atoms with Crippen LogP contribution in [0.3, 0.4) is 0 Å². The van der Waals surface area contributed by atoms with Gasteiger partial charge in [0.25, 0.3) is 0 Å². The molecule has 0 radical (unpaired) electrons. The predicted molar refractivity (Wildman–Crippen MR) is 82.2 cm³/mol. The van der Waals surface area contributed by atoms with E-state index in [1.807, 2.05) is 24.3 Å². The van der Waals surface area contributed by atoms with Crippen molar-refractivity contribution < 1.29 is 4.79 Å². The number of hydrogen-bond donors (Lipinski definition) is 2. The largest absolute Gasteiger partial charge is 0.376 e. The van der Waals surface area contributed by atoms with Crippen LogP contribution in [0, 0.1) is 5.92 Å². The number of anilines is 1. The normalized spacial score (nSPS) is 22.8. The lowest BCUT2D eigenvalue weighted by Crippen LogP contribution is -2.43. The zero-order valence-corrected chi connectivity index (χ0v) is 12.9. The summed E-state index contributed by atoms with van der Waals surface area (Å²) < 4.78 is 1.01. The first-order valence-electron chi connectivity index (χ1n) is 6.94. The molecule has 1 aliphatic carbocycles. The number of rotatable bonds is 4. The van der Waals surface area contributed by atoms with Gasteiger partial charge >= 0.3 is 0 Å². The van der Waals surface area contributed by atoms with E-state index >= 15 is 0 Å². The number of carbonyl (C=O) groups is 1. The van der Waals surface area contributed by atoms with Gasteiger partial charge in [-0.2, -0.15) is 0 Å². The quantitative estimate of drug-likeness (QED) is 0.889. The lowest BCUT2D eigenvalue weighted by molar-refractivity contribution is -0.120. The molecule has 19 heavy (non-hydrogen) atoms. The van der Waals surface area contributed by atoms with E-state index in [-0.39, 0.29) is 5.91 Å². The zero-order chi connectivity index (χ0) is 13.7. The first-order valence-corrected chi connectivity index (χ1v) is 7.73. The monoisotopic (exact) mass is 324 g/mol. The highest BCUT2D eigenvalue weighted by Crippen LogP contribution is 2.23. The van der Waals surface area contributed by atoms with Crippen molar-refractivity contribution in [1.82, 2.24) is 5.32 Å². The third-order valence-corrected chi connectivity index (χ3v) is 4.23. The van der Waals surface area contributed by atoms with Crippen LogP contribution in [-0.2, 0) is 4.79 Å². The van der Waals surface area contributed by atoms with E-state index in [2.05, 4.69) is 33.5 Å². The molecule has 0 aromatic heterocycles. The Morgan fingerprint density at radius 3 is 2.89 bits per heavy atom. The molecule has 0 aliphatic heterocycles. The Kier molecular flexibility index (Phi) is 5.25. The molecular formula is C15H21BrN2O. The van der Waals surface area contributed by atoms with Crippen LogP contribution >= 0.6 is 15.9 Å². The van der Waals surface area contributed by atoms with Gasteiger partial charge < -0.3 is 10.6 Å². The minimum atomic E-state index is 0.0822. The molecule has 2 rings (SSSR count). The summed E-state index contributed by atoms with van der Waals surface area (Å²) in [6, 6.07) is 8.20. The van der Waals surface area contributed by atoms with Gasteiger partial charge in [0, 0.05) is 16.2 Å². The highest BCUT2D eigenvalue weighted by molar-refractivity contribution is 9.10. The first-order chi connectivity index (χ1) is 9.15. The number of benzene rings is 1. The van der Waals surface area contributed by atoms with E-state index in [0.29, 0.717) is 18.5 Å². The Bertz CT molecular complexity index is 436. The molecule has 1 amide bonds. The average molecular weight is 325 g/mol. The fraction of sp³-hybridized carbons (Fsp3) is 0.533. The smallest absolute Gasteiger partial charge is 0.239 e. The van der Waals surface area contributed by atoms with E-state index in [1.165, 1.54) is 19.3 Å². The van der Waals surface area contributed by atoms with Gasteiger partial charge in [-0.25, -0.2) is 0 Å². The summed E-state index contributed by atoms with van der Waals surface area (Å²) >= 11 is 3.42. The molecule has 1 fully saturated rings. The second-order valence-electron chi connectivity index (χ2n) is 5.30. The SMILES string of the molecule is CC1CCCCC1NC(=O)CNc1cccc(Br)c1. The molecule has 0 bridgehead atoms. The third kappa shape index (κ3) is 4.53. The van der Waals surface area contributed by atoms with Crippen LogP contribution in [0.2, 0.25) is 0 Å². The van der Waals surface area contributed by atoms with Crippen LogP contribution < -0.4 is 10.6 Å². The molecule has 0 spiro atoms. The molecule has 2 unspecified atom stereocenters. The van der Waals surface area contributed by atoms with Crippen LogP contribution in [0.4, 0.5) is 5.69 Å². The summed E-state index contributed by atoms with van der Waals surface area (Å²) in [5.41, 5.74) is 0.959. The molecule has 1 aromatic carbocycles. The summed E-state index contributed by atoms with van der Waals surface area (Å²) in [4.78, 5) is 11.9. The van der Waals surface area contributed by atoms with Crippen LogP contribution in [0.5, 0.6) is 0 Å². The van der Waals surface area contributed by atoms with E-state index in [0.717, 1.165) is 16.6 Å². The summed E-state index contributed by atoms with van der Waals surface area (Å²) in [7, 11) is 0. The Morgan fingerprint density at radius 1 is 1.37 bits per heavy atom.